The first-order valence-electron chi connectivity index (χ1n) is 5.50. The van der Waals surface area contributed by atoms with E-state index in [1.807, 2.05) is 13.0 Å². The molecule has 2 rings (SSSR count). The van der Waals surface area contributed by atoms with E-state index in [2.05, 4.69) is 15.3 Å². The highest BCUT2D eigenvalue weighted by Gasteiger charge is 2.23. The third kappa shape index (κ3) is 2.65. The van der Waals surface area contributed by atoms with Crippen LogP contribution in [0.1, 0.15) is 31.4 Å². The molecule has 0 amide bonds. The van der Waals surface area contributed by atoms with Gasteiger partial charge in [0.2, 0.25) is 5.95 Å². The Morgan fingerprint density at radius 2 is 2.20 bits per heavy atom. The summed E-state index contributed by atoms with van der Waals surface area (Å²) >= 11 is 0. The summed E-state index contributed by atoms with van der Waals surface area (Å²) in [5, 5.41) is 13.0. The monoisotopic (exact) mass is 207 g/mol. The number of aliphatic hydroxyl groups is 1. The second kappa shape index (κ2) is 4.57. The third-order valence-corrected chi connectivity index (χ3v) is 2.84. The minimum atomic E-state index is -0.261. The molecule has 2 N–H and O–H groups in total. The Hall–Kier alpha value is -1.16. The zero-order valence-corrected chi connectivity index (χ0v) is 8.98. The molecule has 82 valence electrons. The molecule has 0 aliphatic heterocycles. The largest absolute Gasteiger partial charge is 0.391 e. The molecule has 2 atom stereocenters. The summed E-state index contributed by atoms with van der Waals surface area (Å²) in [6, 6.07) is 1.98. The summed E-state index contributed by atoms with van der Waals surface area (Å²) in [6.45, 7) is 1.93. The van der Waals surface area contributed by atoms with E-state index in [0.29, 0.717) is 5.95 Å². The van der Waals surface area contributed by atoms with Crippen LogP contribution in [0, 0.1) is 6.92 Å². The second-order valence-corrected chi connectivity index (χ2v) is 4.12. The molecular weight excluding hydrogens is 190 g/mol. The lowest BCUT2D eigenvalue weighted by Crippen LogP contribution is -2.36. The van der Waals surface area contributed by atoms with Gasteiger partial charge < -0.3 is 10.4 Å². The van der Waals surface area contributed by atoms with Crippen LogP contribution in [-0.2, 0) is 0 Å². The van der Waals surface area contributed by atoms with E-state index in [9.17, 15) is 5.11 Å². The number of nitrogens with zero attached hydrogens (tertiary/aromatic N) is 2. The van der Waals surface area contributed by atoms with Gasteiger partial charge in [0, 0.05) is 11.9 Å². The standard InChI is InChI=1S/C11H17N3O/c1-8-6-7-12-11(13-8)14-9-4-2-3-5-10(9)15/h6-7,9-10,15H,2-5H2,1H3,(H,12,13,14). The summed E-state index contributed by atoms with van der Waals surface area (Å²) < 4.78 is 0. The van der Waals surface area contributed by atoms with Gasteiger partial charge in [-0.1, -0.05) is 12.8 Å². The molecule has 2 unspecified atom stereocenters. The maximum atomic E-state index is 9.78. The molecule has 1 aromatic rings. The van der Waals surface area contributed by atoms with E-state index in [4.69, 9.17) is 0 Å². The molecule has 0 bridgehead atoms. The molecule has 0 aromatic carbocycles. The summed E-state index contributed by atoms with van der Waals surface area (Å²) in [7, 11) is 0. The fourth-order valence-electron chi connectivity index (χ4n) is 1.96. The Kier molecular flexibility index (Phi) is 3.16. The lowest BCUT2D eigenvalue weighted by Gasteiger charge is -2.28. The van der Waals surface area contributed by atoms with Crippen molar-refractivity contribution in [2.45, 2.75) is 44.8 Å². The quantitative estimate of drug-likeness (QED) is 0.771. The Morgan fingerprint density at radius 1 is 1.40 bits per heavy atom. The average Bonchev–Trinajstić information content (AvgIpc) is 2.22. The van der Waals surface area contributed by atoms with Crippen molar-refractivity contribution in [3.8, 4) is 0 Å². The molecule has 15 heavy (non-hydrogen) atoms. The molecule has 1 aliphatic carbocycles. The van der Waals surface area contributed by atoms with Crippen molar-refractivity contribution in [3.05, 3.63) is 18.0 Å². The number of aryl methyl sites for hydroxylation is 1. The normalized spacial score (nSPS) is 26.3. The Labute approximate surface area is 89.8 Å². The van der Waals surface area contributed by atoms with Crippen LogP contribution < -0.4 is 5.32 Å². The number of hydrogen-bond acceptors (Lipinski definition) is 4. The van der Waals surface area contributed by atoms with Crippen molar-refractivity contribution in [1.29, 1.82) is 0 Å². The van der Waals surface area contributed by atoms with Crippen molar-refractivity contribution < 1.29 is 5.11 Å². The van der Waals surface area contributed by atoms with E-state index < -0.39 is 0 Å². The van der Waals surface area contributed by atoms with Crippen molar-refractivity contribution in [3.63, 3.8) is 0 Å². The Bertz CT molecular complexity index is 329. The number of aliphatic hydroxyl groups excluding tert-OH is 1. The van der Waals surface area contributed by atoms with Gasteiger partial charge in [0.1, 0.15) is 0 Å². The predicted molar refractivity (Wildman–Crippen MR) is 58.7 cm³/mol. The van der Waals surface area contributed by atoms with Crippen molar-refractivity contribution >= 4 is 5.95 Å². The lowest BCUT2D eigenvalue weighted by atomic mass is 9.93. The van der Waals surface area contributed by atoms with Crippen LogP contribution >= 0.6 is 0 Å². The van der Waals surface area contributed by atoms with Gasteiger partial charge in [-0.15, -0.1) is 0 Å². The molecule has 4 nitrogen and oxygen atoms in total. The van der Waals surface area contributed by atoms with Crippen molar-refractivity contribution in [1.82, 2.24) is 9.97 Å². The van der Waals surface area contributed by atoms with E-state index in [-0.39, 0.29) is 12.1 Å². The topological polar surface area (TPSA) is 58.0 Å². The molecule has 0 spiro atoms. The maximum absolute atomic E-state index is 9.78. The summed E-state index contributed by atoms with van der Waals surface area (Å²) in [5.41, 5.74) is 0.942. The highest BCUT2D eigenvalue weighted by Crippen LogP contribution is 2.20. The van der Waals surface area contributed by atoms with Gasteiger partial charge in [-0.25, -0.2) is 9.97 Å². The summed E-state index contributed by atoms with van der Waals surface area (Å²) in [4.78, 5) is 8.40. The second-order valence-electron chi connectivity index (χ2n) is 4.12. The van der Waals surface area contributed by atoms with E-state index >= 15 is 0 Å². The van der Waals surface area contributed by atoms with E-state index in [1.54, 1.807) is 6.20 Å². The van der Waals surface area contributed by atoms with Gasteiger partial charge >= 0.3 is 0 Å². The highest BCUT2D eigenvalue weighted by atomic mass is 16.3. The summed E-state index contributed by atoms with van der Waals surface area (Å²) in [6.07, 6.45) is 5.64. The van der Waals surface area contributed by atoms with Gasteiger partial charge in [-0.3, -0.25) is 0 Å². The van der Waals surface area contributed by atoms with Gasteiger partial charge in [-0.2, -0.15) is 0 Å². The molecule has 0 saturated heterocycles. The predicted octanol–water partition coefficient (Wildman–Crippen LogP) is 1.50. The molecule has 0 radical (unpaired) electrons. The average molecular weight is 207 g/mol. The SMILES string of the molecule is Cc1ccnc(NC2CCCCC2O)n1. The van der Waals surface area contributed by atoms with Crippen LogP contribution in [0.25, 0.3) is 0 Å². The first kappa shape index (κ1) is 10.4. The van der Waals surface area contributed by atoms with Crippen LogP contribution in [-0.4, -0.2) is 27.2 Å². The van der Waals surface area contributed by atoms with Crippen LogP contribution in [0.15, 0.2) is 12.3 Å². The Morgan fingerprint density at radius 3 is 2.93 bits per heavy atom. The molecular formula is C11H17N3O. The zero-order chi connectivity index (χ0) is 10.7. The first-order valence-corrected chi connectivity index (χ1v) is 5.50. The highest BCUT2D eigenvalue weighted by molar-refractivity contribution is 5.27. The molecule has 1 aliphatic rings. The number of hydrogen-bond donors (Lipinski definition) is 2. The molecule has 1 heterocycles. The molecule has 1 saturated carbocycles. The minimum Gasteiger partial charge on any atom is -0.391 e. The molecule has 1 fully saturated rings. The summed E-state index contributed by atoms with van der Waals surface area (Å²) in [5.74, 6) is 0.626. The van der Waals surface area contributed by atoms with Gasteiger partial charge in [0.15, 0.2) is 0 Å². The Balaban J connectivity index is 2.01. The van der Waals surface area contributed by atoms with Crippen molar-refractivity contribution in [2.75, 3.05) is 5.32 Å². The van der Waals surface area contributed by atoms with Gasteiger partial charge in [0.05, 0.1) is 12.1 Å². The fraction of sp³-hybridized carbons (Fsp3) is 0.636. The van der Waals surface area contributed by atoms with Crippen LogP contribution in [0.5, 0.6) is 0 Å². The molecule has 1 aromatic heterocycles. The minimum absolute atomic E-state index is 0.112. The maximum Gasteiger partial charge on any atom is 0.223 e. The van der Waals surface area contributed by atoms with Crippen LogP contribution in [0.3, 0.4) is 0 Å². The molecule has 4 heteroatoms. The van der Waals surface area contributed by atoms with Crippen LogP contribution in [0.4, 0.5) is 5.95 Å². The van der Waals surface area contributed by atoms with Crippen molar-refractivity contribution in [2.24, 2.45) is 0 Å². The number of aromatic nitrogens is 2. The number of rotatable bonds is 2. The number of nitrogens with one attached hydrogen (secondary N) is 1. The lowest BCUT2D eigenvalue weighted by molar-refractivity contribution is 0.116. The zero-order valence-electron chi connectivity index (χ0n) is 8.98. The first-order chi connectivity index (χ1) is 7.25. The third-order valence-electron chi connectivity index (χ3n) is 2.84. The van der Waals surface area contributed by atoms with E-state index in [1.165, 1.54) is 6.42 Å². The van der Waals surface area contributed by atoms with E-state index in [0.717, 1.165) is 25.0 Å². The fourth-order valence-corrected chi connectivity index (χ4v) is 1.96. The van der Waals surface area contributed by atoms with Crippen LogP contribution in [0.2, 0.25) is 0 Å². The smallest absolute Gasteiger partial charge is 0.223 e. The van der Waals surface area contributed by atoms with Gasteiger partial charge in [-0.05, 0) is 25.8 Å². The van der Waals surface area contributed by atoms with Gasteiger partial charge in [0.25, 0.3) is 0 Å². The number of anilines is 1.